The number of anilines is 1. The maximum atomic E-state index is 12.8. The van der Waals surface area contributed by atoms with Gasteiger partial charge in [0.05, 0.1) is 11.1 Å². The highest BCUT2D eigenvalue weighted by molar-refractivity contribution is 9.10. The molecule has 2 rings (SSSR count). The highest BCUT2D eigenvalue weighted by atomic mass is 79.9. The lowest BCUT2D eigenvalue weighted by Gasteiger charge is -2.11. The summed E-state index contributed by atoms with van der Waals surface area (Å²) in [5.74, 6) is -0.744. The molecule has 0 atom stereocenters. The van der Waals surface area contributed by atoms with Gasteiger partial charge in [-0.25, -0.2) is 13.6 Å². The zero-order valence-electron chi connectivity index (χ0n) is 11.0. The predicted octanol–water partition coefficient (Wildman–Crippen LogP) is 3.43. The lowest BCUT2D eigenvalue weighted by molar-refractivity contribution is -0.138. The van der Waals surface area contributed by atoms with Gasteiger partial charge in [0.2, 0.25) is 10.0 Å². The molecule has 0 saturated carbocycles. The number of sulfonamides is 1. The number of hydrogen-bond acceptors (Lipinski definition) is 4. The van der Waals surface area contributed by atoms with Crippen LogP contribution >= 0.6 is 27.3 Å². The summed E-state index contributed by atoms with van der Waals surface area (Å²) in [4.78, 5) is 12.0. The summed E-state index contributed by atoms with van der Waals surface area (Å²) < 4.78 is 60.3. The molecule has 1 amide bonds. The Morgan fingerprint density at radius 3 is 2.43 bits per heavy atom. The summed E-state index contributed by atoms with van der Waals surface area (Å²) in [7, 11) is -3.94. The second-order valence-electron chi connectivity index (χ2n) is 4.35. The molecule has 0 radical (unpaired) electrons. The van der Waals surface area contributed by atoms with E-state index in [1.807, 2.05) is 0 Å². The monoisotopic (exact) mass is 428 g/mol. The highest BCUT2D eigenvalue weighted by Crippen LogP contribution is 2.36. The summed E-state index contributed by atoms with van der Waals surface area (Å²) in [5, 5.41) is 8.45. The minimum atomic E-state index is -4.58. The average molecular weight is 429 g/mol. The Hall–Kier alpha value is -1.43. The summed E-state index contributed by atoms with van der Waals surface area (Å²) in [5.41, 5.74) is -1.03. The molecule has 0 saturated heterocycles. The lowest BCUT2D eigenvalue weighted by atomic mass is 10.2. The molecule has 0 unspecified atom stereocenters. The molecule has 0 bridgehead atoms. The van der Waals surface area contributed by atoms with Gasteiger partial charge in [0.25, 0.3) is 5.91 Å². The molecule has 0 aliphatic carbocycles. The normalized spacial score (nSPS) is 12.2. The third-order valence-electron chi connectivity index (χ3n) is 2.65. The average Bonchev–Trinajstić information content (AvgIpc) is 2.89. The number of carbonyl (C=O) groups is 1. The van der Waals surface area contributed by atoms with E-state index in [4.69, 9.17) is 5.14 Å². The molecular formula is C12H8BrF3N2O3S2. The van der Waals surface area contributed by atoms with Crippen molar-refractivity contribution in [3.05, 3.63) is 45.2 Å². The van der Waals surface area contributed by atoms with Crippen LogP contribution in [0.25, 0.3) is 0 Å². The van der Waals surface area contributed by atoms with Crippen LogP contribution in [0.3, 0.4) is 0 Å². The van der Waals surface area contributed by atoms with Gasteiger partial charge in [-0.2, -0.15) is 13.2 Å². The first-order chi connectivity index (χ1) is 10.5. The number of halogens is 4. The second-order valence-corrected chi connectivity index (χ2v) is 7.90. The lowest BCUT2D eigenvalue weighted by Crippen LogP contribution is -2.13. The third-order valence-corrected chi connectivity index (χ3v) is 5.73. The first-order valence-corrected chi connectivity index (χ1v) is 9.00. The zero-order valence-corrected chi connectivity index (χ0v) is 14.2. The van der Waals surface area contributed by atoms with E-state index in [0.29, 0.717) is 0 Å². The van der Waals surface area contributed by atoms with E-state index < -0.39 is 27.7 Å². The van der Waals surface area contributed by atoms with Crippen molar-refractivity contribution < 1.29 is 26.4 Å². The number of primary sulfonamides is 1. The van der Waals surface area contributed by atoms with E-state index in [9.17, 15) is 26.4 Å². The van der Waals surface area contributed by atoms with E-state index in [1.54, 1.807) is 0 Å². The van der Waals surface area contributed by atoms with Gasteiger partial charge in [0.15, 0.2) is 0 Å². The first-order valence-electron chi connectivity index (χ1n) is 5.78. The number of thiophene rings is 1. The number of nitrogens with one attached hydrogen (secondary N) is 1. The minimum absolute atomic E-state index is 0.0181. The number of benzene rings is 1. The summed E-state index contributed by atoms with van der Waals surface area (Å²) >= 11 is 3.53. The maximum Gasteiger partial charge on any atom is 0.417 e. The van der Waals surface area contributed by atoms with Crippen molar-refractivity contribution in [1.29, 1.82) is 0 Å². The fraction of sp³-hybridized carbons (Fsp3) is 0.0833. The number of amides is 1. The van der Waals surface area contributed by atoms with Gasteiger partial charge in [-0.15, -0.1) is 11.3 Å². The summed E-state index contributed by atoms with van der Waals surface area (Å²) in [6, 6.07) is 4.26. The van der Waals surface area contributed by atoms with Gasteiger partial charge in [-0.1, -0.05) is 15.9 Å². The molecule has 5 nitrogen and oxygen atoms in total. The number of rotatable bonds is 3. The summed E-state index contributed by atoms with van der Waals surface area (Å²) in [6.45, 7) is 0. The van der Waals surface area contributed by atoms with E-state index in [1.165, 1.54) is 11.4 Å². The zero-order chi connectivity index (χ0) is 17.4. The third kappa shape index (κ3) is 4.31. The first kappa shape index (κ1) is 17.9. The SMILES string of the molecule is NS(=O)(=O)c1cc(C(=O)Nc2ccc(Br)c(C(F)(F)F)c2)cs1. The molecular weight excluding hydrogens is 421 g/mol. The van der Waals surface area contributed by atoms with Crippen molar-refractivity contribution in [2.24, 2.45) is 5.14 Å². The molecule has 0 spiro atoms. The van der Waals surface area contributed by atoms with Crippen LogP contribution in [0.15, 0.2) is 38.3 Å². The van der Waals surface area contributed by atoms with Gasteiger partial charge in [0.1, 0.15) is 4.21 Å². The number of alkyl halides is 3. The van der Waals surface area contributed by atoms with E-state index in [2.05, 4.69) is 21.2 Å². The Morgan fingerprint density at radius 2 is 1.91 bits per heavy atom. The smallest absolute Gasteiger partial charge is 0.322 e. The number of nitrogens with two attached hydrogens (primary N) is 1. The van der Waals surface area contributed by atoms with Crippen LogP contribution in [0, 0.1) is 0 Å². The maximum absolute atomic E-state index is 12.8. The van der Waals surface area contributed by atoms with Gasteiger partial charge in [0, 0.05) is 15.5 Å². The molecule has 3 N–H and O–H groups in total. The molecule has 124 valence electrons. The van der Waals surface area contributed by atoms with Crippen molar-refractivity contribution >= 4 is 48.9 Å². The Labute approximate surface area is 141 Å². The molecule has 11 heteroatoms. The molecule has 1 heterocycles. The molecule has 23 heavy (non-hydrogen) atoms. The summed E-state index contributed by atoms with van der Waals surface area (Å²) in [6.07, 6.45) is -4.58. The molecule has 2 aromatic rings. The Balaban J connectivity index is 2.26. The van der Waals surface area contributed by atoms with Crippen LogP contribution in [0.2, 0.25) is 0 Å². The van der Waals surface area contributed by atoms with Crippen LogP contribution in [-0.4, -0.2) is 14.3 Å². The molecule has 1 aromatic heterocycles. The van der Waals surface area contributed by atoms with Gasteiger partial charge >= 0.3 is 6.18 Å². The van der Waals surface area contributed by atoms with Crippen molar-refractivity contribution in [1.82, 2.24) is 0 Å². The van der Waals surface area contributed by atoms with E-state index in [0.717, 1.165) is 29.5 Å². The minimum Gasteiger partial charge on any atom is -0.322 e. The topological polar surface area (TPSA) is 89.3 Å². The van der Waals surface area contributed by atoms with Crippen molar-refractivity contribution in [2.75, 3.05) is 5.32 Å². The van der Waals surface area contributed by atoms with Crippen molar-refractivity contribution in [3.63, 3.8) is 0 Å². The standard InChI is InChI=1S/C12H8BrF3N2O3S2/c13-9-2-1-7(4-8(9)12(14,15)16)18-11(19)6-3-10(22-5-6)23(17,20)21/h1-5H,(H,18,19)(H2,17,20,21). The van der Waals surface area contributed by atoms with Crippen LogP contribution in [0.1, 0.15) is 15.9 Å². The van der Waals surface area contributed by atoms with Crippen LogP contribution in [0.5, 0.6) is 0 Å². The number of carbonyl (C=O) groups excluding carboxylic acids is 1. The quantitative estimate of drug-likeness (QED) is 0.784. The van der Waals surface area contributed by atoms with E-state index in [-0.39, 0.29) is 19.9 Å². The molecule has 0 aliphatic heterocycles. The second kappa shape index (κ2) is 6.23. The van der Waals surface area contributed by atoms with Crippen LogP contribution in [-0.2, 0) is 16.2 Å². The Bertz CT molecular complexity index is 863. The van der Waals surface area contributed by atoms with E-state index >= 15 is 0 Å². The largest absolute Gasteiger partial charge is 0.417 e. The molecule has 1 aromatic carbocycles. The fourth-order valence-electron chi connectivity index (χ4n) is 1.61. The van der Waals surface area contributed by atoms with Gasteiger partial charge < -0.3 is 5.32 Å². The Kier molecular flexibility index (Phi) is 4.85. The van der Waals surface area contributed by atoms with Crippen LogP contribution < -0.4 is 10.5 Å². The van der Waals surface area contributed by atoms with Gasteiger partial charge in [-0.3, -0.25) is 4.79 Å². The van der Waals surface area contributed by atoms with Gasteiger partial charge in [-0.05, 0) is 24.3 Å². The fourth-order valence-corrected chi connectivity index (χ4v) is 3.67. The molecule has 0 fully saturated rings. The highest BCUT2D eigenvalue weighted by Gasteiger charge is 2.33. The predicted molar refractivity (Wildman–Crippen MR) is 82.8 cm³/mol. The Morgan fingerprint density at radius 1 is 1.26 bits per heavy atom. The molecule has 0 aliphatic rings. The van der Waals surface area contributed by atoms with Crippen LogP contribution in [0.4, 0.5) is 18.9 Å². The number of hydrogen-bond donors (Lipinski definition) is 2. The van der Waals surface area contributed by atoms with Crippen molar-refractivity contribution in [3.8, 4) is 0 Å². The van der Waals surface area contributed by atoms with Crippen molar-refractivity contribution in [2.45, 2.75) is 10.4 Å².